The summed E-state index contributed by atoms with van der Waals surface area (Å²) in [6, 6.07) is 15.4. The number of anilines is 1. The average molecular weight is 421 g/mol. The number of nitrogens with zero attached hydrogens (tertiary/aromatic N) is 2. The molecule has 31 heavy (non-hydrogen) atoms. The molecule has 2 heterocycles. The third-order valence-corrected chi connectivity index (χ3v) is 6.71. The summed E-state index contributed by atoms with van der Waals surface area (Å²) in [5, 5.41) is 0. The molecule has 0 saturated carbocycles. The standard InChI is InChI=1S/C27H36N2O2/c1-21(23-7-10-25-26(20-23)28(4)12-11-27(25,2)3)19-22-5-8-24(9-6-22)31-18-15-29-13-16-30-17-14-29/h5-10,19-20H,11-18H2,1-4H3. The van der Waals surface area contributed by atoms with Gasteiger partial charge in [0.1, 0.15) is 12.4 Å². The molecule has 2 aliphatic rings. The van der Waals surface area contributed by atoms with Crippen molar-refractivity contribution in [2.75, 3.05) is 57.9 Å². The third-order valence-electron chi connectivity index (χ3n) is 6.71. The highest BCUT2D eigenvalue weighted by molar-refractivity contribution is 5.82. The predicted octanol–water partition coefficient (Wildman–Crippen LogP) is 5.08. The van der Waals surface area contributed by atoms with E-state index in [1.54, 1.807) is 0 Å². The van der Waals surface area contributed by atoms with Crippen molar-refractivity contribution in [2.45, 2.75) is 32.6 Å². The summed E-state index contributed by atoms with van der Waals surface area (Å²) >= 11 is 0. The van der Waals surface area contributed by atoms with Crippen LogP contribution < -0.4 is 9.64 Å². The Labute approximate surface area is 187 Å². The van der Waals surface area contributed by atoms with Crippen LogP contribution in [0.15, 0.2) is 42.5 Å². The van der Waals surface area contributed by atoms with Crippen molar-refractivity contribution in [3.05, 3.63) is 59.2 Å². The van der Waals surface area contributed by atoms with Crippen LogP contribution in [0.5, 0.6) is 5.75 Å². The van der Waals surface area contributed by atoms with E-state index in [0.29, 0.717) is 6.61 Å². The lowest BCUT2D eigenvalue weighted by atomic mass is 9.77. The lowest BCUT2D eigenvalue weighted by Crippen LogP contribution is -2.38. The number of morpholine rings is 1. The summed E-state index contributed by atoms with van der Waals surface area (Å²) in [5.41, 5.74) is 6.83. The van der Waals surface area contributed by atoms with Gasteiger partial charge in [-0.15, -0.1) is 0 Å². The van der Waals surface area contributed by atoms with Gasteiger partial charge in [-0.25, -0.2) is 0 Å². The maximum atomic E-state index is 5.94. The summed E-state index contributed by atoms with van der Waals surface area (Å²) in [7, 11) is 2.20. The molecule has 0 aromatic heterocycles. The van der Waals surface area contributed by atoms with Crippen LogP contribution in [0.1, 0.15) is 43.9 Å². The Morgan fingerprint density at radius 2 is 1.81 bits per heavy atom. The first-order valence-electron chi connectivity index (χ1n) is 11.5. The SMILES string of the molecule is CC(=Cc1ccc(OCCN2CCOCC2)cc1)c1ccc2c(c1)N(C)CCC2(C)C. The molecule has 0 N–H and O–H groups in total. The number of hydrogen-bond acceptors (Lipinski definition) is 4. The molecule has 0 radical (unpaired) electrons. The van der Waals surface area contributed by atoms with Gasteiger partial charge in [0.2, 0.25) is 0 Å². The number of allylic oxidation sites excluding steroid dienone is 1. The summed E-state index contributed by atoms with van der Waals surface area (Å²) in [6.07, 6.45) is 3.46. The highest BCUT2D eigenvalue weighted by Gasteiger charge is 2.29. The normalized spacial score (nSPS) is 19.2. The largest absolute Gasteiger partial charge is 0.492 e. The number of fused-ring (bicyclic) bond motifs is 1. The van der Waals surface area contributed by atoms with Gasteiger partial charge in [-0.05, 0) is 59.2 Å². The first-order chi connectivity index (χ1) is 14.9. The molecule has 0 unspecified atom stereocenters. The van der Waals surface area contributed by atoms with Crippen LogP contribution in [0, 0.1) is 0 Å². The number of hydrogen-bond donors (Lipinski definition) is 0. The first kappa shape index (κ1) is 21.9. The number of benzene rings is 2. The monoisotopic (exact) mass is 420 g/mol. The van der Waals surface area contributed by atoms with Crippen LogP contribution in [0.2, 0.25) is 0 Å². The molecule has 0 atom stereocenters. The third kappa shape index (κ3) is 5.31. The van der Waals surface area contributed by atoms with E-state index in [1.165, 1.54) is 34.4 Å². The molecule has 2 aromatic rings. The number of ether oxygens (including phenoxy) is 2. The van der Waals surface area contributed by atoms with E-state index < -0.39 is 0 Å². The van der Waals surface area contributed by atoms with E-state index in [0.717, 1.165) is 45.1 Å². The molecule has 0 spiro atoms. The van der Waals surface area contributed by atoms with E-state index in [1.807, 2.05) is 0 Å². The van der Waals surface area contributed by atoms with Gasteiger partial charge in [0.25, 0.3) is 0 Å². The summed E-state index contributed by atoms with van der Waals surface area (Å²) < 4.78 is 11.3. The summed E-state index contributed by atoms with van der Waals surface area (Å²) in [5.74, 6) is 0.931. The van der Waals surface area contributed by atoms with Crippen LogP contribution in [0.3, 0.4) is 0 Å². The van der Waals surface area contributed by atoms with Gasteiger partial charge in [0.15, 0.2) is 0 Å². The van der Waals surface area contributed by atoms with Crippen LogP contribution in [-0.4, -0.2) is 57.9 Å². The zero-order chi connectivity index (χ0) is 21.8. The molecule has 0 aliphatic carbocycles. The summed E-state index contributed by atoms with van der Waals surface area (Å²) in [4.78, 5) is 4.78. The minimum atomic E-state index is 0.246. The lowest BCUT2D eigenvalue weighted by Gasteiger charge is -2.38. The quantitative estimate of drug-likeness (QED) is 0.609. The Hall–Kier alpha value is -2.30. The topological polar surface area (TPSA) is 24.9 Å². The van der Waals surface area contributed by atoms with Crippen molar-refractivity contribution in [2.24, 2.45) is 0 Å². The Balaban J connectivity index is 1.40. The van der Waals surface area contributed by atoms with Crippen molar-refractivity contribution in [1.29, 1.82) is 0 Å². The molecule has 4 rings (SSSR count). The van der Waals surface area contributed by atoms with Crippen molar-refractivity contribution < 1.29 is 9.47 Å². The van der Waals surface area contributed by atoms with Crippen molar-refractivity contribution in [1.82, 2.24) is 4.90 Å². The van der Waals surface area contributed by atoms with Crippen molar-refractivity contribution in [3.8, 4) is 5.75 Å². The van der Waals surface area contributed by atoms with E-state index in [9.17, 15) is 0 Å². The summed E-state index contributed by atoms with van der Waals surface area (Å²) in [6.45, 7) is 13.3. The second-order valence-electron chi connectivity index (χ2n) is 9.49. The molecule has 4 heteroatoms. The highest BCUT2D eigenvalue weighted by atomic mass is 16.5. The van der Waals surface area contributed by atoms with Gasteiger partial charge in [-0.2, -0.15) is 0 Å². The Kier molecular flexibility index (Phi) is 6.68. The molecule has 2 aromatic carbocycles. The highest BCUT2D eigenvalue weighted by Crippen LogP contribution is 2.40. The minimum Gasteiger partial charge on any atom is -0.492 e. The predicted molar refractivity (Wildman–Crippen MR) is 130 cm³/mol. The smallest absolute Gasteiger partial charge is 0.119 e. The van der Waals surface area contributed by atoms with Gasteiger partial charge in [0.05, 0.1) is 13.2 Å². The molecule has 1 fully saturated rings. The molecule has 0 bridgehead atoms. The van der Waals surface area contributed by atoms with Crippen molar-refractivity contribution in [3.63, 3.8) is 0 Å². The second kappa shape index (κ2) is 9.46. The average Bonchev–Trinajstić information content (AvgIpc) is 2.78. The minimum absolute atomic E-state index is 0.246. The van der Waals surface area contributed by atoms with Crippen LogP contribution >= 0.6 is 0 Å². The van der Waals surface area contributed by atoms with Gasteiger partial charge < -0.3 is 14.4 Å². The molecular formula is C27H36N2O2. The lowest BCUT2D eigenvalue weighted by molar-refractivity contribution is 0.0322. The number of rotatable bonds is 6. The second-order valence-corrected chi connectivity index (χ2v) is 9.49. The van der Waals surface area contributed by atoms with E-state index in [2.05, 4.69) is 86.2 Å². The molecule has 1 saturated heterocycles. The van der Waals surface area contributed by atoms with Gasteiger partial charge in [-0.1, -0.05) is 44.2 Å². The van der Waals surface area contributed by atoms with Crippen LogP contribution in [0.4, 0.5) is 5.69 Å². The van der Waals surface area contributed by atoms with Crippen LogP contribution in [-0.2, 0) is 10.2 Å². The van der Waals surface area contributed by atoms with E-state index in [4.69, 9.17) is 9.47 Å². The molecule has 4 nitrogen and oxygen atoms in total. The van der Waals surface area contributed by atoms with E-state index >= 15 is 0 Å². The Bertz CT molecular complexity index is 911. The zero-order valence-corrected chi connectivity index (χ0v) is 19.5. The maximum Gasteiger partial charge on any atom is 0.119 e. The first-order valence-corrected chi connectivity index (χ1v) is 11.5. The van der Waals surface area contributed by atoms with E-state index in [-0.39, 0.29) is 5.41 Å². The van der Waals surface area contributed by atoms with Crippen molar-refractivity contribution >= 4 is 17.3 Å². The fourth-order valence-electron chi connectivity index (χ4n) is 4.48. The Morgan fingerprint density at radius 1 is 1.06 bits per heavy atom. The van der Waals surface area contributed by atoms with Crippen LogP contribution in [0.25, 0.3) is 11.6 Å². The fourth-order valence-corrected chi connectivity index (χ4v) is 4.48. The van der Waals surface area contributed by atoms with Gasteiger partial charge in [0, 0.05) is 38.9 Å². The Morgan fingerprint density at radius 3 is 2.55 bits per heavy atom. The molecule has 0 amide bonds. The molecular weight excluding hydrogens is 384 g/mol. The zero-order valence-electron chi connectivity index (χ0n) is 19.5. The maximum absolute atomic E-state index is 5.94. The fraction of sp³-hybridized carbons (Fsp3) is 0.481. The molecule has 2 aliphatic heterocycles. The van der Waals surface area contributed by atoms with Gasteiger partial charge in [-0.3, -0.25) is 4.90 Å². The van der Waals surface area contributed by atoms with Gasteiger partial charge >= 0.3 is 0 Å². The molecule has 166 valence electrons.